The summed E-state index contributed by atoms with van der Waals surface area (Å²) < 4.78 is 55.6. The number of nitrogens with zero attached hydrogens (tertiary/aromatic N) is 1. The first-order chi connectivity index (χ1) is 16.7. The molecule has 5 nitrogen and oxygen atoms in total. The Morgan fingerprint density at radius 2 is 1.66 bits per heavy atom. The van der Waals surface area contributed by atoms with Gasteiger partial charge in [-0.3, -0.25) is 4.98 Å². The highest BCUT2D eigenvalue weighted by molar-refractivity contribution is 5.74. The van der Waals surface area contributed by atoms with Crippen molar-refractivity contribution < 1.29 is 22.4 Å². The minimum Gasteiger partial charge on any atom is -0.397 e. The molecule has 0 radical (unpaired) electrons. The maximum absolute atomic E-state index is 14.6. The van der Waals surface area contributed by atoms with Crippen LogP contribution in [0.3, 0.4) is 0 Å². The molecule has 0 bridgehead atoms. The molecule has 35 heavy (non-hydrogen) atoms. The Kier molecular flexibility index (Phi) is 6.95. The predicted molar refractivity (Wildman–Crippen MR) is 125 cm³/mol. The van der Waals surface area contributed by atoms with Crippen molar-refractivity contribution in [1.82, 2.24) is 15.6 Å². The summed E-state index contributed by atoms with van der Waals surface area (Å²) in [7, 11) is 0. The Balaban J connectivity index is 1.86. The number of rotatable bonds is 6. The SMILES string of the molecule is Nc1ccc(C(CNC(=O)NC2CCCC2)(c2ccccc2)c2cc(F)cc(C(F)(F)F)c2)nc1. The normalized spacial score (nSPS) is 16.0. The van der Waals surface area contributed by atoms with Gasteiger partial charge in [-0.1, -0.05) is 43.2 Å². The van der Waals surface area contributed by atoms with Gasteiger partial charge in [-0.25, -0.2) is 9.18 Å². The first-order valence-electron chi connectivity index (χ1n) is 11.4. The number of urea groups is 1. The molecule has 0 saturated heterocycles. The van der Waals surface area contributed by atoms with Gasteiger partial charge in [-0.15, -0.1) is 0 Å². The van der Waals surface area contributed by atoms with Gasteiger partial charge in [0.15, 0.2) is 0 Å². The lowest BCUT2D eigenvalue weighted by atomic mass is 9.71. The predicted octanol–water partition coefficient (Wildman–Crippen LogP) is 5.40. The van der Waals surface area contributed by atoms with Crippen LogP contribution in [0.5, 0.6) is 0 Å². The molecule has 1 aliphatic carbocycles. The number of carbonyl (C=O) groups is 1. The molecular weight excluding hydrogens is 460 g/mol. The van der Waals surface area contributed by atoms with Gasteiger partial charge in [0.05, 0.1) is 28.6 Å². The molecule has 4 N–H and O–H groups in total. The minimum atomic E-state index is -4.76. The van der Waals surface area contributed by atoms with Crippen molar-refractivity contribution in [2.75, 3.05) is 12.3 Å². The van der Waals surface area contributed by atoms with Crippen LogP contribution >= 0.6 is 0 Å². The van der Waals surface area contributed by atoms with Gasteiger partial charge in [-0.05, 0) is 54.3 Å². The summed E-state index contributed by atoms with van der Waals surface area (Å²) in [6.45, 7) is -0.159. The summed E-state index contributed by atoms with van der Waals surface area (Å²) in [6.07, 6.45) is 0.414. The van der Waals surface area contributed by atoms with Crippen LogP contribution in [-0.4, -0.2) is 23.6 Å². The standard InChI is InChI=1S/C26H26F4N4O/c27-20-13-18(12-19(14-20)26(28,29)30)25(17-6-2-1-3-7-17,23-11-10-21(31)15-32-23)16-33-24(35)34-22-8-4-5-9-22/h1-3,6-7,10-15,22H,4-5,8-9,16,31H2,(H2,33,34,35). The zero-order chi connectivity index (χ0) is 25.1. The second kappa shape index (κ2) is 9.93. The smallest absolute Gasteiger partial charge is 0.397 e. The summed E-state index contributed by atoms with van der Waals surface area (Å²) in [5.74, 6) is -1.04. The summed E-state index contributed by atoms with van der Waals surface area (Å²) >= 11 is 0. The molecule has 1 aliphatic rings. The average molecular weight is 487 g/mol. The number of hydrogen-bond donors (Lipinski definition) is 3. The Morgan fingerprint density at radius 1 is 0.971 bits per heavy atom. The molecule has 1 saturated carbocycles. The van der Waals surface area contributed by atoms with Crippen LogP contribution in [0.25, 0.3) is 0 Å². The number of nitrogens with two attached hydrogens (primary N) is 1. The van der Waals surface area contributed by atoms with Crippen molar-refractivity contribution in [2.24, 2.45) is 0 Å². The number of anilines is 1. The number of nitrogen functional groups attached to an aromatic ring is 1. The molecule has 1 aromatic heterocycles. The zero-order valence-corrected chi connectivity index (χ0v) is 18.9. The van der Waals surface area contributed by atoms with Crippen LogP contribution in [0.15, 0.2) is 66.9 Å². The molecule has 4 rings (SSSR count). The summed E-state index contributed by atoms with van der Waals surface area (Å²) in [4.78, 5) is 17.2. The van der Waals surface area contributed by atoms with Crippen molar-refractivity contribution in [3.05, 3.63) is 95.1 Å². The third-order valence-electron chi connectivity index (χ3n) is 6.41. The first kappa shape index (κ1) is 24.5. The Labute approximate surface area is 200 Å². The number of aromatic nitrogens is 1. The number of benzene rings is 2. The zero-order valence-electron chi connectivity index (χ0n) is 18.9. The Hall–Kier alpha value is -3.62. The molecule has 9 heteroatoms. The van der Waals surface area contributed by atoms with Gasteiger partial charge in [0.25, 0.3) is 0 Å². The third-order valence-corrected chi connectivity index (χ3v) is 6.41. The largest absolute Gasteiger partial charge is 0.416 e. The van der Waals surface area contributed by atoms with Crippen LogP contribution in [0.4, 0.5) is 28.0 Å². The summed E-state index contributed by atoms with van der Waals surface area (Å²) in [5, 5.41) is 5.73. The van der Waals surface area contributed by atoms with Crippen LogP contribution < -0.4 is 16.4 Å². The van der Waals surface area contributed by atoms with Gasteiger partial charge >= 0.3 is 12.2 Å². The van der Waals surface area contributed by atoms with Gasteiger partial charge < -0.3 is 16.4 Å². The second-order valence-electron chi connectivity index (χ2n) is 8.78. The van der Waals surface area contributed by atoms with Gasteiger partial charge in [-0.2, -0.15) is 13.2 Å². The molecule has 1 heterocycles. The number of nitrogens with one attached hydrogen (secondary N) is 2. The van der Waals surface area contributed by atoms with E-state index < -0.39 is 29.0 Å². The molecule has 1 fully saturated rings. The number of alkyl halides is 3. The molecule has 184 valence electrons. The van der Waals surface area contributed by atoms with Gasteiger partial charge in [0, 0.05) is 12.6 Å². The molecule has 2 aromatic carbocycles. The van der Waals surface area contributed by atoms with E-state index in [1.54, 1.807) is 42.5 Å². The highest BCUT2D eigenvalue weighted by atomic mass is 19.4. The lowest BCUT2D eigenvalue weighted by molar-refractivity contribution is -0.137. The molecule has 1 atom stereocenters. The van der Waals surface area contributed by atoms with E-state index in [2.05, 4.69) is 15.6 Å². The number of amides is 2. The maximum Gasteiger partial charge on any atom is 0.416 e. The first-order valence-corrected chi connectivity index (χ1v) is 11.4. The van der Waals surface area contributed by atoms with Crippen molar-refractivity contribution in [2.45, 2.75) is 43.3 Å². The van der Waals surface area contributed by atoms with E-state index in [1.807, 2.05) is 0 Å². The highest BCUT2D eigenvalue weighted by Gasteiger charge is 2.41. The van der Waals surface area contributed by atoms with Crippen LogP contribution in [0.2, 0.25) is 0 Å². The number of halogens is 4. The Morgan fingerprint density at radius 3 is 2.29 bits per heavy atom. The van der Waals surface area contributed by atoms with Crippen molar-refractivity contribution in [3.8, 4) is 0 Å². The number of pyridine rings is 1. The summed E-state index contributed by atoms with van der Waals surface area (Å²) in [6, 6.07) is 13.8. The fraction of sp³-hybridized carbons (Fsp3) is 0.308. The summed E-state index contributed by atoms with van der Waals surface area (Å²) in [5.41, 5.74) is 4.49. The molecular formula is C26H26F4N4O. The third kappa shape index (κ3) is 5.39. The van der Waals surface area contributed by atoms with Gasteiger partial charge in [0.1, 0.15) is 5.82 Å². The lowest BCUT2D eigenvalue weighted by Crippen LogP contribution is -2.48. The number of hydrogen-bond acceptors (Lipinski definition) is 3. The fourth-order valence-electron chi connectivity index (χ4n) is 4.66. The van der Waals surface area contributed by atoms with Crippen LogP contribution in [0.1, 0.15) is 48.1 Å². The van der Waals surface area contributed by atoms with Crippen LogP contribution in [0, 0.1) is 5.82 Å². The molecule has 3 aromatic rings. The average Bonchev–Trinajstić information content (AvgIpc) is 3.33. The van der Waals surface area contributed by atoms with E-state index >= 15 is 0 Å². The molecule has 2 amide bonds. The molecule has 0 aliphatic heterocycles. The van der Waals surface area contributed by atoms with Crippen molar-refractivity contribution >= 4 is 11.7 Å². The minimum absolute atomic E-state index is 0.00876. The van der Waals surface area contributed by atoms with E-state index in [1.165, 1.54) is 6.20 Å². The van der Waals surface area contributed by atoms with E-state index in [4.69, 9.17) is 5.73 Å². The second-order valence-corrected chi connectivity index (χ2v) is 8.78. The molecule has 0 spiro atoms. The van der Waals surface area contributed by atoms with E-state index in [-0.39, 0.29) is 18.2 Å². The fourth-order valence-corrected chi connectivity index (χ4v) is 4.66. The highest BCUT2D eigenvalue weighted by Crippen LogP contribution is 2.41. The van der Waals surface area contributed by atoms with E-state index in [0.29, 0.717) is 23.0 Å². The maximum atomic E-state index is 14.6. The topological polar surface area (TPSA) is 80.0 Å². The van der Waals surface area contributed by atoms with E-state index in [9.17, 15) is 22.4 Å². The molecule has 1 unspecified atom stereocenters. The monoisotopic (exact) mass is 486 g/mol. The van der Waals surface area contributed by atoms with Crippen molar-refractivity contribution in [1.29, 1.82) is 0 Å². The van der Waals surface area contributed by atoms with Gasteiger partial charge in [0.2, 0.25) is 0 Å². The number of carbonyl (C=O) groups excluding carboxylic acids is 1. The lowest BCUT2D eigenvalue weighted by Gasteiger charge is -2.35. The van der Waals surface area contributed by atoms with Crippen molar-refractivity contribution in [3.63, 3.8) is 0 Å². The van der Waals surface area contributed by atoms with Crippen LogP contribution in [-0.2, 0) is 11.6 Å². The Bertz CT molecular complexity index is 1160. The quantitative estimate of drug-likeness (QED) is 0.408. The van der Waals surface area contributed by atoms with E-state index in [0.717, 1.165) is 37.8 Å².